The standard InChI is InChI=1S/C16H22Cl2N2O/c1-11(2)20(16(21)9-19-8-12-3-4-12)10-13-5-6-14(17)15(18)7-13/h5-7,11-12,19H,3-4,8-10H2,1-2H3. The van der Waals surface area contributed by atoms with Crippen LogP contribution in [0.3, 0.4) is 0 Å². The first-order valence-corrected chi connectivity index (χ1v) is 8.17. The van der Waals surface area contributed by atoms with E-state index >= 15 is 0 Å². The fourth-order valence-electron chi connectivity index (χ4n) is 2.20. The van der Waals surface area contributed by atoms with Crippen molar-refractivity contribution in [3.05, 3.63) is 33.8 Å². The lowest BCUT2D eigenvalue weighted by Gasteiger charge is -2.27. The highest BCUT2D eigenvalue weighted by Gasteiger charge is 2.22. The molecule has 1 N–H and O–H groups in total. The van der Waals surface area contributed by atoms with E-state index in [0.29, 0.717) is 23.1 Å². The maximum atomic E-state index is 12.3. The SMILES string of the molecule is CC(C)N(Cc1ccc(Cl)c(Cl)c1)C(=O)CNCC1CC1. The summed E-state index contributed by atoms with van der Waals surface area (Å²) in [5.41, 5.74) is 0.994. The van der Waals surface area contributed by atoms with Gasteiger partial charge in [-0.05, 0) is 56.8 Å². The summed E-state index contributed by atoms with van der Waals surface area (Å²) in [4.78, 5) is 14.2. The van der Waals surface area contributed by atoms with E-state index in [1.54, 1.807) is 6.07 Å². The molecule has 0 radical (unpaired) electrons. The quantitative estimate of drug-likeness (QED) is 0.827. The molecular formula is C16H22Cl2N2O. The first-order chi connectivity index (χ1) is 9.97. The Labute approximate surface area is 136 Å². The van der Waals surface area contributed by atoms with Crippen LogP contribution in [0.4, 0.5) is 0 Å². The predicted molar refractivity (Wildman–Crippen MR) is 87.7 cm³/mol. The van der Waals surface area contributed by atoms with E-state index < -0.39 is 0 Å². The molecule has 21 heavy (non-hydrogen) atoms. The number of carbonyl (C=O) groups is 1. The molecule has 0 heterocycles. The first-order valence-electron chi connectivity index (χ1n) is 7.41. The third kappa shape index (κ3) is 5.17. The molecule has 1 aliphatic rings. The maximum absolute atomic E-state index is 12.3. The van der Waals surface area contributed by atoms with Gasteiger partial charge in [-0.15, -0.1) is 0 Å². The van der Waals surface area contributed by atoms with Crippen LogP contribution in [0.5, 0.6) is 0 Å². The maximum Gasteiger partial charge on any atom is 0.237 e. The van der Waals surface area contributed by atoms with Crippen LogP contribution in [0.15, 0.2) is 18.2 Å². The summed E-state index contributed by atoms with van der Waals surface area (Å²) in [5.74, 6) is 0.900. The molecule has 5 heteroatoms. The second-order valence-electron chi connectivity index (χ2n) is 5.94. The van der Waals surface area contributed by atoms with Crippen LogP contribution in [-0.4, -0.2) is 29.9 Å². The van der Waals surface area contributed by atoms with E-state index in [4.69, 9.17) is 23.2 Å². The van der Waals surface area contributed by atoms with Crippen LogP contribution in [-0.2, 0) is 11.3 Å². The summed E-state index contributed by atoms with van der Waals surface area (Å²) in [6.07, 6.45) is 2.58. The monoisotopic (exact) mass is 328 g/mol. The lowest BCUT2D eigenvalue weighted by molar-refractivity contribution is -0.132. The van der Waals surface area contributed by atoms with Gasteiger partial charge in [0.15, 0.2) is 0 Å². The molecule has 1 aromatic carbocycles. The largest absolute Gasteiger partial charge is 0.335 e. The van der Waals surface area contributed by atoms with Crippen molar-refractivity contribution in [3.8, 4) is 0 Å². The minimum absolute atomic E-state index is 0.122. The van der Waals surface area contributed by atoms with Crippen LogP contribution in [0, 0.1) is 5.92 Å². The van der Waals surface area contributed by atoms with Gasteiger partial charge in [0, 0.05) is 12.6 Å². The van der Waals surface area contributed by atoms with E-state index in [-0.39, 0.29) is 11.9 Å². The topological polar surface area (TPSA) is 32.3 Å². The average molecular weight is 329 g/mol. The van der Waals surface area contributed by atoms with Crippen molar-refractivity contribution in [2.75, 3.05) is 13.1 Å². The third-order valence-corrected chi connectivity index (χ3v) is 4.43. The Balaban J connectivity index is 1.93. The van der Waals surface area contributed by atoms with Gasteiger partial charge in [-0.1, -0.05) is 29.3 Å². The van der Waals surface area contributed by atoms with Crippen molar-refractivity contribution in [3.63, 3.8) is 0 Å². The number of hydrogen-bond acceptors (Lipinski definition) is 2. The van der Waals surface area contributed by atoms with Gasteiger partial charge in [-0.3, -0.25) is 4.79 Å². The fraction of sp³-hybridized carbons (Fsp3) is 0.562. The van der Waals surface area contributed by atoms with Crippen LogP contribution in [0.1, 0.15) is 32.3 Å². The van der Waals surface area contributed by atoms with E-state index in [0.717, 1.165) is 18.0 Å². The minimum Gasteiger partial charge on any atom is -0.335 e. The number of rotatable bonds is 7. The van der Waals surface area contributed by atoms with Crippen LogP contribution in [0.25, 0.3) is 0 Å². The highest BCUT2D eigenvalue weighted by atomic mass is 35.5. The van der Waals surface area contributed by atoms with Crippen molar-refractivity contribution in [1.29, 1.82) is 0 Å². The molecule has 1 saturated carbocycles. The Kier molecular flexibility index (Phi) is 5.91. The van der Waals surface area contributed by atoms with E-state index in [9.17, 15) is 4.79 Å². The number of nitrogens with one attached hydrogen (secondary N) is 1. The molecule has 0 saturated heterocycles. The molecule has 1 fully saturated rings. The highest BCUT2D eigenvalue weighted by molar-refractivity contribution is 6.42. The summed E-state index contributed by atoms with van der Waals surface area (Å²) < 4.78 is 0. The van der Waals surface area contributed by atoms with Crippen molar-refractivity contribution in [2.24, 2.45) is 5.92 Å². The Morgan fingerprint density at radius 3 is 2.62 bits per heavy atom. The van der Waals surface area contributed by atoms with Crippen molar-refractivity contribution >= 4 is 29.1 Å². The van der Waals surface area contributed by atoms with Crippen molar-refractivity contribution in [1.82, 2.24) is 10.2 Å². The summed E-state index contributed by atoms with van der Waals surface area (Å²) in [7, 11) is 0. The first kappa shape index (κ1) is 16.6. The number of carbonyl (C=O) groups excluding carboxylic acids is 1. The van der Waals surface area contributed by atoms with Gasteiger partial charge in [0.25, 0.3) is 0 Å². The number of benzene rings is 1. The number of hydrogen-bond donors (Lipinski definition) is 1. The van der Waals surface area contributed by atoms with Crippen LogP contribution < -0.4 is 5.32 Å². The van der Waals surface area contributed by atoms with Crippen molar-refractivity contribution in [2.45, 2.75) is 39.3 Å². The zero-order chi connectivity index (χ0) is 15.4. The zero-order valence-corrected chi connectivity index (χ0v) is 14.0. The number of nitrogens with zero attached hydrogens (tertiary/aromatic N) is 1. The molecule has 0 unspecified atom stereocenters. The average Bonchev–Trinajstić information content (AvgIpc) is 3.23. The van der Waals surface area contributed by atoms with Gasteiger partial charge in [0.1, 0.15) is 0 Å². The van der Waals surface area contributed by atoms with E-state index in [2.05, 4.69) is 5.32 Å². The zero-order valence-electron chi connectivity index (χ0n) is 12.5. The Morgan fingerprint density at radius 1 is 1.33 bits per heavy atom. The Hall–Kier alpha value is -0.770. The predicted octanol–water partition coefficient (Wildman–Crippen LogP) is 3.73. The van der Waals surface area contributed by atoms with E-state index in [1.165, 1.54) is 12.8 Å². The fourth-order valence-corrected chi connectivity index (χ4v) is 2.52. The Bertz CT molecular complexity index is 501. The van der Waals surface area contributed by atoms with Gasteiger partial charge < -0.3 is 10.2 Å². The summed E-state index contributed by atoms with van der Waals surface area (Å²) in [6.45, 7) is 5.95. The molecular weight excluding hydrogens is 307 g/mol. The molecule has 0 aliphatic heterocycles. The molecule has 1 aliphatic carbocycles. The lowest BCUT2D eigenvalue weighted by atomic mass is 10.2. The molecule has 0 spiro atoms. The van der Waals surface area contributed by atoms with Gasteiger partial charge in [-0.2, -0.15) is 0 Å². The molecule has 1 aromatic rings. The second-order valence-corrected chi connectivity index (χ2v) is 6.75. The molecule has 3 nitrogen and oxygen atoms in total. The number of amides is 1. The second kappa shape index (κ2) is 7.48. The summed E-state index contributed by atoms with van der Waals surface area (Å²) in [6, 6.07) is 5.65. The molecule has 0 bridgehead atoms. The third-order valence-electron chi connectivity index (χ3n) is 3.69. The van der Waals surface area contributed by atoms with Gasteiger partial charge in [0.05, 0.1) is 16.6 Å². The molecule has 0 atom stereocenters. The molecule has 116 valence electrons. The molecule has 1 amide bonds. The van der Waals surface area contributed by atoms with Gasteiger partial charge in [0.2, 0.25) is 5.91 Å². The number of halogens is 2. The minimum atomic E-state index is 0.122. The van der Waals surface area contributed by atoms with Crippen molar-refractivity contribution < 1.29 is 4.79 Å². The lowest BCUT2D eigenvalue weighted by Crippen LogP contribution is -2.42. The molecule has 2 rings (SSSR count). The normalized spacial score (nSPS) is 14.5. The smallest absolute Gasteiger partial charge is 0.237 e. The summed E-state index contributed by atoms with van der Waals surface area (Å²) in [5, 5.41) is 4.31. The molecule has 0 aromatic heterocycles. The summed E-state index contributed by atoms with van der Waals surface area (Å²) >= 11 is 12.0. The van der Waals surface area contributed by atoms with Gasteiger partial charge in [-0.25, -0.2) is 0 Å². The van der Waals surface area contributed by atoms with E-state index in [1.807, 2.05) is 30.9 Å². The van der Waals surface area contributed by atoms with Crippen LogP contribution >= 0.6 is 23.2 Å². The highest BCUT2D eigenvalue weighted by Crippen LogP contribution is 2.27. The van der Waals surface area contributed by atoms with Gasteiger partial charge >= 0.3 is 0 Å². The Morgan fingerprint density at radius 2 is 2.05 bits per heavy atom. The van der Waals surface area contributed by atoms with Crippen LogP contribution in [0.2, 0.25) is 10.0 Å².